The van der Waals surface area contributed by atoms with Gasteiger partial charge in [0.2, 0.25) is 0 Å². The first-order valence-electron chi connectivity index (χ1n) is 11.5. The molecule has 3 unspecified atom stereocenters. The maximum atomic E-state index is 15.0. The Morgan fingerprint density at radius 3 is 2.31 bits per heavy atom. The first kappa shape index (κ1) is 28.1. The summed E-state index contributed by atoms with van der Waals surface area (Å²) in [4.78, 5) is -0.0640. The van der Waals surface area contributed by atoms with E-state index >= 15 is 0 Å². The highest BCUT2D eigenvalue weighted by atomic mass is 35.5. The van der Waals surface area contributed by atoms with E-state index in [-0.39, 0.29) is 22.1 Å². The third-order valence-electron chi connectivity index (χ3n) is 6.79. The standard InChI is InChI=1S/C25H33ClF2O5SSi/c1-16(13-14-32-35(5,6)25(2,3)4)33-21-15-31-23-20(28)12-11-19(27)22(23)24(21)34(29,30)18-9-7-17(26)8-10-18/h7-12,16,21,24H,13-15H2,1-6H3. The molecule has 0 saturated heterocycles. The molecule has 0 bridgehead atoms. The van der Waals surface area contributed by atoms with E-state index in [0.29, 0.717) is 18.1 Å². The van der Waals surface area contributed by atoms with Gasteiger partial charge in [-0.3, -0.25) is 0 Å². The monoisotopic (exact) mass is 546 g/mol. The van der Waals surface area contributed by atoms with Crippen molar-refractivity contribution in [3.8, 4) is 5.75 Å². The van der Waals surface area contributed by atoms with Crippen LogP contribution >= 0.6 is 11.6 Å². The molecule has 0 saturated carbocycles. The van der Waals surface area contributed by atoms with Crippen molar-refractivity contribution < 1.29 is 31.1 Å². The van der Waals surface area contributed by atoms with Gasteiger partial charge in [0, 0.05) is 11.6 Å². The molecule has 10 heteroatoms. The summed E-state index contributed by atoms with van der Waals surface area (Å²) >= 11 is 5.92. The Labute approximate surface area is 212 Å². The lowest BCUT2D eigenvalue weighted by molar-refractivity contribution is -0.0437. The van der Waals surface area contributed by atoms with Gasteiger partial charge in [-0.05, 0) is 67.9 Å². The van der Waals surface area contributed by atoms with Crippen molar-refractivity contribution in [2.45, 2.75) is 74.6 Å². The molecule has 3 rings (SSSR count). The Morgan fingerprint density at radius 2 is 1.71 bits per heavy atom. The summed E-state index contributed by atoms with van der Waals surface area (Å²) < 4.78 is 74.6. The second-order valence-corrected chi connectivity index (χ2v) is 17.7. The van der Waals surface area contributed by atoms with Crippen LogP contribution in [-0.4, -0.2) is 42.2 Å². The smallest absolute Gasteiger partial charge is 0.191 e. The van der Waals surface area contributed by atoms with E-state index in [9.17, 15) is 17.2 Å². The molecule has 0 aliphatic carbocycles. The van der Waals surface area contributed by atoms with Gasteiger partial charge in [-0.2, -0.15) is 0 Å². The summed E-state index contributed by atoms with van der Waals surface area (Å²) in [5, 5.41) is -1.08. The Morgan fingerprint density at radius 1 is 1.11 bits per heavy atom. The van der Waals surface area contributed by atoms with Gasteiger partial charge < -0.3 is 13.9 Å². The SMILES string of the molecule is CC(CCO[Si](C)(C)C(C)(C)C)OC1COc2c(F)ccc(F)c2C1S(=O)(=O)c1ccc(Cl)cc1. The van der Waals surface area contributed by atoms with Crippen molar-refractivity contribution in [1.82, 2.24) is 0 Å². The molecule has 0 amide bonds. The van der Waals surface area contributed by atoms with Crippen LogP contribution in [0.3, 0.4) is 0 Å². The summed E-state index contributed by atoms with van der Waals surface area (Å²) in [6.07, 6.45) is -0.952. The first-order chi connectivity index (χ1) is 16.1. The van der Waals surface area contributed by atoms with E-state index in [1.165, 1.54) is 24.3 Å². The quantitative estimate of drug-likeness (QED) is 0.344. The zero-order chi connectivity index (χ0) is 26.2. The fourth-order valence-electron chi connectivity index (χ4n) is 3.70. The molecule has 0 radical (unpaired) electrons. The van der Waals surface area contributed by atoms with Gasteiger partial charge in [0.1, 0.15) is 23.8 Å². The molecular formula is C25H33ClF2O5SSi. The number of halogens is 3. The van der Waals surface area contributed by atoms with Crippen molar-refractivity contribution >= 4 is 29.8 Å². The molecule has 3 atom stereocenters. The predicted octanol–water partition coefficient (Wildman–Crippen LogP) is 6.71. The van der Waals surface area contributed by atoms with Gasteiger partial charge >= 0.3 is 0 Å². The molecule has 2 aromatic rings. The predicted molar refractivity (Wildman–Crippen MR) is 135 cm³/mol. The number of rotatable bonds is 8. The minimum Gasteiger partial charge on any atom is -0.487 e. The first-order valence-corrected chi connectivity index (χ1v) is 16.4. The lowest BCUT2D eigenvalue weighted by atomic mass is 10.0. The van der Waals surface area contributed by atoms with Crippen molar-refractivity contribution in [3.05, 3.63) is 58.6 Å². The van der Waals surface area contributed by atoms with Crippen molar-refractivity contribution in [3.63, 3.8) is 0 Å². The highest BCUT2D eigenvalue weighted by Crippen LogP contribution is 2.44. The van der Waals surface area contributed by atoms with Crippen LogP contribution in [0.5, 0.6) is 5.75 Å². The number of hydrogen-bond acceptors (Lipinski definition) is 5. The largest absolute Gasteiger partial charge is 0.487 e. The normalized spacial score (nSPS) is 19.7. The minimum atomic E-state index is -4.18. The second-order valence-electron chi connectivity index (χ2n) is 10.4. The van der Waals surface area contributed by atoms with E-state index in [4.69, 9.17) is 25.5 Å². The van der Waals surface area contributed by atoms with Crippen molar-refractivity contribution in [2.24, 2.45) is 0 Å². The number of fused-ring (bicyclic) bond motifs is 1. The third kappa shape index (κ3) is 6.07. The average molecular weight is 547 g/mol. The molecule has 0 fully saturated rings. The summed E-state index contributed by atoms with van der Waals surface area (Å²) in [5.74, 6) is -2.10. The number of sulfone groups is 1. The Hall–Kier alpha value is -1.52. The Bertz CT molecular complexity index is 1150. The van der Waals surface area contributed by atoms with Crippen LogP contribution in [-0.2, 0) is 19.0 Å². The van der Waals surface area contributed by atoms with Crippen molar-refractivity contribution in [1.29, 1.82) is 0 Å². The van der Waals surface area contributed by atoms with E-state index < -0.39 is 53.0 Å². The Kier molecular flexibility index (Phi) is 8.38. The molecule has 1 aliphatic rings. The van der Waals surface area contributed by atoms with Crippen LogP contribution < -0.4 is 4.74 Å². The maximum absolute atomic E-state index is 15.0. The summed E-state index contributed by atoms with van der Waals surface area (Å²) in [5.41, 5.74) is -0.360. The fourth-order valence-corrected chi connectivity index (χ4v) is 6.77. The molecular weight excluding hydrogens is 514 g/mol. The zero-order valence-electron chi connectivity index (χ0n) is 20.9. The summed E-state index contributed by atoms with van der Waals surface area (Å²) in [7, 11) is -6.14. The minimum absolute atomic E-state index is 0.0529. The third-order valence-corrected chi connectivity index (χ3v) is 13.7. The fraction of sp³-hybridized carbons (Fsp3) is 0.520. The lowest BCUT2D eigenvalue weighted by Crippen LogP contribution is -2.42. The number of benzene rings is 2. The average Bonchev–Trinajstić information content (AvgIpc) is 2.75. The maximum Gasteiger partial charge on any atom is 0.191 e. The topological polar surface area (TPSA) is 61.8 Å². The van der Waals surface area contributed by atoms with Gasteiger partial charge in [-0.25, -0.2) is 17.2 Å². The molecule has 0 spiro atoms. The summed E-state index contributed by atoms with van der Waals surface area (Å²) in [6, 6.07) is 7.39. The van der Waals surface area contributed by atoms with Crippen LogP contribution in [0.4, 0.5) is 8.78 Å². The summed E-state index contributed by atoms with van der Waals surface area (Å²) in [6.45, 7) is 12.8. The van der Waals surface area contributed by atoms with E-state index in [1.807, 2.05) is 0 Å². The van der Waals surface area contributed by atoms with E-state index in [0.717, 1.165) is 12.1 Å². The van der Waals surface area contributed by atoms with Gasteiger partial charge in [0.25, 0.3) is 0 Å². The Balaban J connectivity index is 1.89. The van der Waals surface area contributed by atoms with Gasteiger partial charge in [0.15, 0.2) is 29.7 Å². The zero-order valence-corrected chi connectivity index (χ0v) is 23.5. The number of hydrogen-bond donors (Lipinski definition) is 0. The van der Waals surface area contributed by atoms with Gasteiger partial charge in [-0.15, -0.1) is 0 Å². The molecule has 0 aromatic heterocycles. The molecule has 1 aliphatic heterocycles. The molecule has 194 valence electrons. The molecule has 35 heavy (non-hydrogen) atoms. The number of ether oxygens (including phenoxy) is 2. The van der Waals surface area contributed by atoms with Crippen LogP contribution in [0.15, 0.2) is 41.3 Å². The van der Waals surface area contributed by atoms with E-state index in [2.05, 4.69) is 33.9 Å². The van der Waals surface area contributed by atoms with Gasteiger partial charge in [-0.1, -0.05) is 32.4 Å². The molecule has 0 N–H and O–H groups in total. The van der Waals surface area contributed by atoms with Crippen LogP contribution in [0.25, 0.3) is 0 Å². The lowest BCUT2D eigenvalue weighted by Gasteiger charge is -2.37. The van der Waals surface area contributed by atoms with Crippen LogP contribution in [0.2, 0.25) is 23.2 Å². The van der Waals surface area contributed by atoms with Crippen LogP contribution in [0.1, 0.15) is 44.9 Å². The van der Waals surface area contributed by atoms with Crippen LogP contribution in [0, 0.1) is 11.6 Å². The van der Waals surface area contributed by atoms with E-state index in [1.54, 1.807) is 6.92 Å². The van der Waals surface area contributed by atoms with Gasteiger partial charge in [0.05, 0.1) is 16.6 Å². The second kappa shape index (κ2) is 10.5. The highest BCUT2D eigenvalue weighted by Gasteiger charge is 2.45. The molecule has 5 nitrogen and oxygen atoms in total. The van der Waals surface area contributed by atoms with Crippen molar-refractivity contribution in [2.75, 3.05) is 13.2 Å². The molecule has 1 heterocycles. The molecule has 2 aromatic carbocycles. The highest BCUT2D eigenvalue weighted by molar-refractivity contribution is 7.91.